The second-order valence-electron chi connectivity index (χ2n) is 10.2. The van der Waals surface area contributed by atoms with Crippen LogP contribution < -0.4 is 16.5 Å². The average molecular weight is 561 g/mol. The summed E-state index contributed by atoms with van der Waals surface area (Å²) in [5, 5.41) is 6.91. The Kier molecular flexibility index (Phi) is 8.15. The molecule has 0 radical (unpaired) electrons. The lowest BCUT2D eigenvalue weighted by Gasteiger charge is -2.32. The summed E-state index contributed by atoms with van der Waals surface area (Å²) in [6.07, 6.45) is 2.32. The van der Waals surface area contributed by atoms with Crippen LogP contribution in [-0.4, -0.2) is 80.7 Å². The lowest BCUT2D eigenvalue weighted by molar-refractivity contribution is -0.157. The number of carbonyl (C=O) groups is 3. The number of hydroxylamine groups is 2. The zero-order valence-corrected chi connectivity index (χ0v) is 22.2. The molecule has 2 atom stereocenters. The van der Waals surface area contributed by atoms with Gasteiger partial charge in [-0.15, -0.1) is 4.28 Å². The number of hydrogen-bond donors (Lipinski definition) is 2. The van der Waals surface area contributed by atoms with Crippen molar-refractivity contribution < 1.29 is 44.8 Å². The fourth-order valence-corrected chi connectivity index (χ4v) is 5.36. The molecule has 1 aromatic rings. The largest absolute Gasteiger partial charge is 0.519 e. The number of nitrogens with zero attached hydrogens (tertiary/aromatic N) is 2. The van der Waals surface area contributed by atoms with Crippen molar-refractivity contribution in [1.82, 2.24) is 20.6 Å². The standard InChI is InChI=1S/C22H32N4O11S/c1-13-17(36-21(30)35-13)11-33-19(28)22(2,3)12-34-38(31,32)37-26-15-4-5-16(25(10-15)20(26)29)18(27)24-14-6-8-23-9-7-14/h14-16,23H,4-12H2,1-3H3,(H,24,27)/t15-,16+/m1/s1. The van der Waals surface area contributed by atoms with E-state index in [0.717, 1.165) is 25.9 Å². The first-order valence-electron chi connectivity index (χ1n) is 12.3. The average Bonchev–Trinajstić information content (AvgIpc) is 3.31. The first-order valence-corrected chi connectivity index (χ1v) is 13.7. The molecule has 16 heteroatoms. The van der Waals surface area contributed by atoms with Crippen LogP contribution in [0.1, 0.15) is 51.1 Å². The number of urea groups is 1. The van der Waals surface area contributed by atoms with E-state index in [1.165, 1.54) is 25.7 Å². The first kappa shape index (κ1) is 28.1. The molecule has 38 heavy (non-hydrogen) atoms. The Labute approximate surface area is 219 Å². The first-order chi connectivity index (χ1) is 17.9. The van der Waals surface area contributed by atoms with Gasteiger partial charge < -0.3 is 29.1 Å². The van der Waals surface area contributed by atoms with Gasteiger partial charge in [-0.3, -0.25) is 9.59 Å². The number of carbonyl (C=O) groups excluding carboxylic acids is 3. The third-order valence-corrected chi connectivity index (χ3v) is 7.52. The molecule has 0 spiro atoms. The van der Waals surface area contributed by atoms with Crippen molar-refractivity contribution in [3.63, 3.8) is 0 Å². The minimum absolute atomic E-state index is 0.0208. The Morgan fingerprint density at radius 1 is 1.13 bits per heavy atom. The molecule has 2 bridgehead atoms. The minimum Gasteiger partial charge on any atom is -0.457 e. The summed E-state index contributed by atoms with van der Waals surface area (Å²) in [5.74, 6) is -1.87. The topological polar surface area (TPSA) is 187 Å². The molecule has 3 aliphatic heterocycles. The van der Waals surface area contributed by atoms with Crippen molar-refractivity contribution in [2.45, 2.75) is 71.2 Å². The van der Waals surface area contributed by atoms with Crippen LogP contribution in [0.3, 0.4) is 0 Å². The van der Waals surface area contributed by atoms with Crippen LogP contribution in [0.5, 0.6) is 0 Å². The summed E-state index contributed by atoms with van der Waals surface area (Å²) >= 11 is 0. The van der Waals surface area contributed by atoms with Crippen LogP contribution >= 0.6 is 0 Å². The highest BCUT2D eigenvalue weighted by atomic mass is 32.3. The Morgan fingerprint density at radius 3 is 2.50 bits per heavy atom. The van der Waals surface area contributed by atoms with Crippen molar-refractivity contribution in [2.75, 3.05) is 26.2 Å². The maximum atomic E-state index is 12.9. The molecule has 15 nitrogen and oxygen atoms in total. The quantitative estimate of drug-likeness (QED) is 0.364. The Balaban J connectivity index is 1.29. The van der Waals surface area contributed by atoms with Crippen LogP contribution in [0.2, 0.25) is 0 Å². The highest BCUT2D eigenvalue weighted by Gasteiger charge is 2.50. The van der Waals surface area contributed by atoms with Crippen LogP contribution in [0.4, 0.5) is 4.79 Å². The molecule has 0 aromatic carbocycles. The summed E-state index contributed by atoms with van der Waals surface area (Å²) < 4.78 is 49.5. The van der Waals surface area contributed by atoms with E-state index < -0.39 is 58.9 Å². The molecule has 3 amide bonds. The molecular weight excluding hydrogens is 528 g/mol. The van der Waals surface area contributed by atoms with Gasteiger partial charge in [0.15, 0.2) is 18.1 Å². The Morgan fingerprint density at radius 2 is 1.84 bits per heavy atom. The summed E-state index contributed by atoms with van der Waals surface area (Å²) in [7, 11) is -4.75. The van der Waals surface area contributed by atoms with Crippen LogP contribution in [0.15, 0.2) is 13.6 Å². The van der Waals surface area contributed by atoms with Crippen molar-refractivity contribution in [1.29, 1.82) is 0 Å². The van der Waals surface area contributed by atoms with Crippen molar-refractivity contribution in [3.05, 3.63) is 22.1 Å². The molecule has 4 heterocycles. The third-order valence-electron chi connectivity index (χ3n) is 6.77. The molecule has 0 saturated carbocycles. The highest BCUT2D eigenvalue weighted by molar-refractivity contribution is 7.81. The van der Waals surface area contributed by atoms with Gasteiger partial charge in [-0.25, -0.2) is 13.8 Å². The second kappa shape index (κ2) is 11.0. The SMILES string of the molecule is Cc1oc(=O)oc1COC(=O)C(C)(C)COS(=O)(=O)ON1C(=O)N2C[C@H]1CC[C@H]2C(=O)NC1CCNCC1. The lowest BCUT2D eigenvalue weighted by atomic mass is 9.95. The third kappa shape index (κ3) is 6.36. The van der Waals surface area contributed by atoms with E-state index in [1.54, 1.807) is 0 Å². The lowest BCUT2D eigenvalue weighted by Crippen LogP contribution is -2.53. The van der Waals surface area contributed by atoms with E-state index in [1.807, 2.05) is 0 Å². The molecule has 3 saturated heterocycles. The number of esters is 1. The van der Waals surface area contributed by atoms with E-state index >= 15 is 0 Å². The molecule has 0 unspecified atom stereocenters. The van der Waals surface area contributed by atoms with E-state index in [2.05, 4.69) is 15.1 Å². The van der Waals surface area contributed by atoms with Gasteiger partial charge in [0.25, 0.3) is 0 Å². The molecule has 4 rings (SSSR count). The van der Waals surface area contributed by atoms with E-state index in [0.29, 0.717) is 17.9 Å². The number of ether oxygens (including phenoxy) is 1. The van der Waals surface area contributed by atoms with Gasteiger partial charge in [0.1, 0.15) is 6.04 Å². The van der Waals surface area contributed by atoms with Crippen LogP contribution in [0.25, 0.3) is 0 Å². The zero-order valence-electron chi connectivity index (χ0n) is 21.4. The van der Waals surface area contributed by atoms with Crippen molar-refractivity contribution >= 4 is 28.3 Å². The maximum Gasteiger partial charge on any atom is 0.519 e. The second-order valence-corrected chi connectivity index (χ2v) is 11.4. The molecule has 1 aromatic heterocycles. The van der Waals surface area contributed by atoms with Gasteiger partial charge in [-0.1, -0.05) is 0 Å². The number of hydrogen-bond acceptors (Lipinski definition) is 12. The number of aryl methyl sites for hydroxylation is 1. The van der Waals surface area contributed by atoms with Crippen LogP contribution in [-0.2, 0) is 39.8 Å². The van der Waals surface area contributed by atoms with E-state index in [4.69, 9.17) is 17.6 Å². The molecule has 212 valence electrons. The van der Waals surface area contributed by atoms with Gasteiger partial charge in [0.05, 0.1) is 18.1 Å². The summed E-state index contributed by atoms with van der Waals surface area (Å²) in [6.45, 7) is 4.92. The molecule has 3 aliphatic rings. The van der Waals surface area contributed by atoms with Crippen molar-refractivity contribution in [3.8, 4) is 0 Å². The molecule has 2 N–H and O–H groups in total. The van der Waals surface area contributed by atoms with Gasteiger partial charge in [0.2, 0.25) is 5.91 Å². The fraction of sp³-hybridized carbons (Fsp3) is 0.727. The Hall–Kier alpha value is -2.95. The molecule has 3 fully saturated rings. The maximum absolute atomic E-state index is 12.9. The number of amides is 3. The van der Waals surface area contributed by atoms with Gasteiger partial charge in [-0.05, 0) is 59.5 Å². The summed E-state index contributed by atoms with van der Waals surface area (Å²) in [6, 6.07) is -2.02. The highest BCUT2D eigenvalue weighted by Crippen LogP contribution is 2.31. The van der Waals surface area contributed by atoms with Gasteiger partial charge in [-0.2, -0.15) is 13.5 Å². The number of rotatable bonds is 10. The normalized spacial score (nSPS) is 22.6. The van der Waals surface area contributed by atoms with Gasteiger partial charge >= 0.3 is 28.2 Å². The number of nitrogens with one attached hydrogen (secondary N) is 2. The van der Waals surface area contributed by atoms with E-state index in [9.17, 15) is 27.6 Å². The number of piperidine rings is 2. The zero-order chi connectivity index (χ0) is 27.7. The summed E-state index contributed by atoms with van der Waals surface area (Å²) in [4.78, 5) is 50.6. The smallest absolute Gasteiger partial charge is 0.457 e. The predicted molar refractivity (Wildman–Crippen MR) is 126 cm³/mol. The van der Waals surface area contributed by atoms with Crippen molar-refractivity contribution in [2.24, 2.45) is 5.41 Å². The minimum atomic E-state index is -4.75. The van der Waals surface area contributed by atoms with Crippen LogP contribution in [0, 0.1) is 12.3 Å². The molecule has 0 aliphatic carbocycles. The van der Waals surface area contributed by atoms with E-state index in [-0.39, 0.29) is 30.0 Å². The molecular formula is C22H32N4O11S. The number of fused-ring (bicyclic) bond motifs is 2. The predicted octanol–water partition coefficient (Wildman–Crippen LogP) is -0.0596. The Bertz CT molecular complexity index is 1220. The summed E-state index contributed by atoms with van der Waals surface area (Å²) in [5.41, 5.74) is -1.44. The fourth-order valence-electron chi connectivity index (χ4n) is 4.50. The monoisotopic (exact) mass is 560 g/mol. The van der Waals surface area contributed by atoms with Gasteiger partial charge in [0, 0.05) is 12.6 Å².